The summed E-state index contributed by atoms with van der Waals surface area (Å²) in [5.74, 6) is 1.70. The molecule has 156 valence electrons. The van der Waals surface area contributed by atoms with E-state index in [1.165, 1.54) is 17.3 Å². The highest BCUT2D eigenvalue weighted by molar-refractivity contribution is 7.99. The van der Waals surface area contributed by atoms with E-state index in [9.17, 15) is 4.79 Å². The fourth-order valence-electron chi connectivity index (χ4n) is 2.79. The molecule has 30 heavy (non-hydrogen) atoms. The first-order valence-electron chi connectivity index (χ1n) is 9.87. The minimum Gasteiger partial charge on any atom is -0.486 e. The molecule has 1 N–H and O–H groups in total. The molecule has 0 unspecified atom stereocenters. The quantitative estimate of drug-likeness (QED) is 0.373. The molecule has 3 rings (SSSR count). The molecule has 2 aromatic carbocycles. The van der Waals surface area contributed by atoms with Crippen LogP contribution in [0.25, 0.3) is 0 Å². The van der Waals surface area contributed by atoms with Crippen LogP contribution in [0.2, 0.25) is 0 Å². The van der Waals surface area contributed by atoms with Crippen molar-refractivity contribution in [3.8, 4) is 5.75 Å². The van der Waals surface area contributed by atoms with Gasteiger partial charge in [-0.05, 0) is 29.7 Å². The molecule has 3 aromatic rings. The zero-order chi connectivity index (χ0) is 21.2. The normalized spacial score (nSPS) is 10.6. The van der Waals surface area contributed by atoms with E-state index in [4.69, 9.17) is 4.74 Å². The summed E-state index contributed by atoms with van der Waals surface area (Å²) in [5.41, 5.74) is 2.33. The Kier molecular flexibility index (Phi) is 8.09. The van der Waals surface area contributed by atoms with Gasteiger partial charge in [-0.25, -0.2) is 0 Å². The van der Waals surface area contributed by atoms with Crippen molar-refractivity contribution in [3.05, 3.63) is 84.2 Å². The molecule has 0 saturated heterocycles. The fourth-order valence-corrected chi connectivity index (χ4v) is 3.59. The molecule has 0 fully saturated rings. The number of nitrogens with zero attached hydrogens (tertiary/aromatic N) is 3. The summed E-state index contributed by atoms with van der Waals surface area (Å²) in [4.78, 5) is 12.2. The monoisotopic (exact) mass is 422 g/mol. The SMILES string of the molecule is C=CCn1c(COc2ccc(CC)cc2)nnc1SCC(=O)NCc1ccccc1. The maximum absolute atomic E-state index is 12.2. The summed E-state index contributed by atoms with van der Waals surface area (Å²) >= 11 is 1.35. The van der Waals surface area contributed by atoms with Crippen molar-refractivity contribution in [3.63, 3.8) is 0 Å². The number of benzene rings is 2. The van der Waals surface area contributed by atoms with Gasteiger partial charge in [0.25, 0.3) is 0 Å². The first-order chi connectivity index (χ1) is 14.7. The Bertz CT molecular complexity index is 955. The smallest absolute Gasteiger partial charge is 0.230 e. The first kappa shape index (κ1) is 21.6. The molecule has 0 aliphatic heterocycles. The van der Waals surface area contributed by atoms with E-state index < -0.39 is 0 Å². The Morgan fingerprint density at radius 3 is 2.60 bits per heavy atom. The summed E-state index contributed by atoms with van der Waals surface area (Å²) in [6.07, 6.45) is 2.77. The number of ether oxygens (including phenoxy) is 1. The number of hydrogen-bond donors (Lipinski definition) is 1. The molecule has 6 nitrogen and oxygen atoms in total. The zero-order valence-corrected chi connectivity index (χ0v) is 17.9. The maximum atomic E-state index is 12.2. The molecule has 0 spiro atoms. The maximum Gasteiger partial charge on any atom is 0.230 e. The molecule has 1 heterocycles. The third-order valence-corrected chi connectivity index (χ3v) is 5.44. The van der Waals surface area contributed by atoms with Crippen molar-refractivity contribution in [1.82, 2.24) is 20.1 Å². The lowest BCUT2D eigenvalue weighted by Gasteiger charge is -2.10. The van der Waals surface area contributed by atoms with Crippen LogP contribution in [-0.2, 0) is 30.9 Å². The second kappa shape index (κ2) is 11.2. The van der Waals surface area contributed by atoms with Crippen LogP contribution in [-0.4, -0.2) is 26.4 Å². The largest absolute Gasteiger partial charge is 0.486 e. The van der Waals surface area contributed by atoms with Crippen LogP contribution >= 0.6 is 11.8 Å². The van der Waals surface area contributed by atoms with E-state index in [1.54, 1.807) is 6.08 Å². The van der Waals surface area contributed by atoms with E-state index in [0.717, 1.165) is 17.7 Å². The van der Waals surface area contributed by atoms with Crippen LogP contribution in [0.4, 0.5) is 0 Å². The molecule has 1 amide bonds. The van der Waals surface area contributed by atoms with Gasteiger partial charge in [-0.1, -0.05) is 67.2 Å². The van der Waals surface area contributed by atoms with Gasteiger partial charge in [0, 0.05) is 13.1 Å². The van der Waals surface area contributed by atoms with E-state index in [-0.39, 0.29) is 11.7 Å². The lowest BCUT2D eigenvalue weighted by Crippen LogP contribution is -2.24. The van der Waals surface area contributed by atoms with Crippen molar-refractivity contribution in [2.45, 2.75) is 38.2 Å². The average Bonchev–Trinajstić information content (AvgIpc) is 3.17. The number of thioether (sulfide) groups is 1. The number of carbonyl (C=O) groups is 1. The molecule has 0 aliphatic carbocycles. The van der Waals surface area contributed by atoms with Gasteiger partial charge in [-0.3, -0.25) is 9.36 Å². The van der Waals surface area contributed by atoms with Crippen LogP contribution in [0, 0.1) is 0 Å². The predicted molar refractivity (Wildman–Crippen MR) is 119 cm³/mol. The van der Waals surface area contributed by atoms with Gasteiger partial charge in [-0.2, -0.15) is 0 Å². The highest BCUT2D eigenvalue weighted by Crippen LogP contribution is 2.19. The van der Waals surface area contributed by atoms with Crippen molar-refractivity contribution in [2.75, 3.05) is 5.75 Å². The van der Waals surface area contributed by atoms with Gasteiger partial charge in [0.2, 0.25) is 5.91 Å². The Labute approximate surface area is 181 Å². The van der Waals surface area contributed by atoms with Crippen molar-refractivity contribution >= 4 is 17.7 Å². The summed E-state index contributed by atoms with van der Waals surface area (Å²) in [6.45, 7) is 7.29. The molecular weight excluding hydrogens is 396 g/mol. The second-order valence-corrected chi connectivity index (χ2v) is 7.58. The van der Waals surface area contributed by atoms with Crippen molar-refractivity contribution < 1.29 is 9.53 Å². The molecule has 0 aliphatic rings. The lowest BCUT2D eigenvalue weighted by atomic mass is 10.2. The number of rotatable bonds is 11. The third kappa shape index (κ3) is 6.22. The van der Waals surface area contributed by atoms with Gasteiger partial charge in [0.1, 0.15) is 12.4 Å². The van der Waals surface area contributed by atoms with Gasteiger partial charge >= 0.3 is 0 Å². The van der Waals surface area contributed by atoms with Crippen LogP contribution in [0.15, 0.2) is 72.4 Å². The van der Waals surface area contributed by atoms with Gasteiger partial charge < -0.3 is 10.1 Å². The van der Waals surface area contributed by atoms with E-state index in [0.29, 0.717) is 30.7 Å². The fraction of sp³-hybridized carbons (Fsp3) is 0.261. The summed E-state index contributed by atoms with van der Waals surface area (Å²) in [5, 5.41) is 12.1. The zero-order valence-electron chi connectivity index (χ0n) is 17.1. The highest BCUT2D eigenvalue weighted by atomic mass is 32.2. The summed E-state index contributed by atoms with van der Waals surface area (Å²) < 4.78 is 7.78. The first-order valence-corrected chi connectivity index (χ1v) is 10.9. The minimum absolute atomic E-state index is 0.0502. The number of aromatic nitrogens is 3. The topological polar surface area (TPSA) is 69.0 Å². The van der Waals surface area contributed by atoms with Crippen LogP contribution < -0.4 is 10.1 Å². The average molecular weight is 423 g/mol. The van der Waals surface area contributed by atoms with E-state index in [1.807, 2.05) is 47.0 Å². The third-order valence-electron chi connectivity index (χ3n) is 4.47. The van der Waals surface area contributed by atoms with Gasteiger partial charge in [-0.15, -0.1) is 16.8 Å². The van der Waals surface area contributed by atoms with E-state index >= 15 is 0 Å². The molecule has 0 atom stereocenters. The van der Waals surface area contributed by atoms with E-state index in [2.05, 4.69) is 41.1 Å². The number of nitrogens with one attached hydrogen (secondary N) is 1. The number of allylic oxidation sites excluding steroid dienone is 1. The van der Waals surface area contributed by atoms with Crippen LogP contribution in [0.1, 0.15) is 23.9 Å². The van der Waals surface area contributed by atoms with Gasteiger partial charge in [0.05, 0.1) is 5.75 Å². The Morgan fingerprint density at radius 1 is 1.13 bits per heavy atom. The molecular formula is C23H26N4O2S. The molecule has 0 bridgehead atoms. The second-order valence-electron chi connectivity index (χ2n) is 6.64. The lowest BCUT2D eigenvalue weighted by molar-refractivity contribution is -0.118. The molecule has 7 heteroatoms. The number of amides is 1. The summed E-state index contributed by atoms with van der Waals surface area (Å²) in [6, 6.07) is 17.9. The van der Waals surface area contributed by atoms with Gasteiger partial charge in [0.15, 0.2) is 11.0 Å². The van der Waals surface area contributed by atoms with Crippen molar-refractivity contribution in [2.24, 2.45) is 0 Å². The minimum atomic E-state index is -0.0502. The number of aryl methyl sites for hydroxylation is 1. The highest BCUT2D eigenvalue weighted by Gasteiger charge is 2.14. The Hall–Kier alpha value is -3.06. The predicted octanol–water partition coefficient (Wildman–Crippen LogP) is 4.01. The van der Waals surface area contributed by atoms with Crippen molar-refractivity contribution in [1.29, 1.82) is 0 Å². The van der Waals surface area contributed by atoms with Crippen LogP contribution in [0.3, 0.4) is 0 Å². The Morgan fingerprint density at radius 2 is 1.90 bits per heavy atom. The molecule has 1 aromatic heterocycles. The van der Waals surface area contributed by atoms with Crippen LogP contribution in [0.5, 0.6) is 5.75 Å². The Balaban J connectivity index is 1.55. The molecule has 0 radical (unpaired) electrons. The number of carbonyl (C=O) groups excluding carboxylic acids is 1. The standard InChI is InChI=1S/C23H26N4O2S/c1-3-14-27-21(16-29-20-12-10-18(4-2)11-13-20)25-26-23(27)30-17-22(28)24-15-19-8-6-5-7-9-19/h3,5-13H,1,4,14-17H2,2H3,(H,24,28). The summed E-state index contributed by atoms with van der Waals surface area (Å²) in [7, 11) is 0. The molecule has 0 saturated carbocycles. The number of hydrogen-bond acceptors (Lipinski definition) is 5.